The van der Waals surface area contributed by atoms with E-state index in [0.717, 1.165) is 50.0 Å². The van der Waals surface area contributed by atoms with Gasteiger partial charge in [0.05, 0.1) is 18.4 Å². The van der Waals surface area contributed by atoms with Crippen LogP contribution >= 0.6 is 0 Å². The van der Waals surface area contributed by atoms with Gasteiger partial charge in [-0.2, -0.15) is 5.10 Å². The van der Waals surface area contributed by atoms with Gasteiger partial charge >= 0.3 is 0 Å². The second kappa shape index (κ2) is 8.14. The Kier molecular flexibility index (Phi) is 5.45. The van der Waals surface area contributed by atoms with Crippen LogP contribution in [0.15, 0.2) is 31.1 Å². The van der Waals surface area contributed by atoms with Gasteiger partial charge in [0.1, 0.15) is 6.33 Å². The van der Waals surface area contributed by atoms with Crippen molar-refractivity contribution in [1.29, 1.82) is 0 Å². The number of hydrogen-bond acceptors (Lipinski definition) is 6. The fourth-order valence-corrected chi connectivity index (χ4v) is 3.97. The van der Waals surface area contributed by atoms with Crippen LogP contribution in [0.2, 0.25) is 0 Å². The number of ether oxygens (including phenoxy) is 1. The van der Waals surface area contributed by atoms with E-state index in [0.29, 0.717) is 26.1 Å². The molecule has 0 saturated carbocycles. The third-order valence-corrected chi connectivity index (χ3v) is 5.57. The van der Waals surface area contributed by atoms with E-state index in [1.54, 1.807) is 12.5 Å². The zero-order valence-electron chi connectivity index (χ0n) is 15.5. The Morgan fingerprint density at radius 2 is 1.96 bits per heavy atom. The molecule has 2 saturated heterocycles. The molecule has 1 amide bonds. The number of aryl methyl sites for hydroxylation is 1. The second-order valence-electron chi connectivity index (χ2n) is 7.48. The molecular weight excluding hydrogens is 344 g/mol. The Labute approximate surface area is 158 Å². The summed E-state index contributed by atoms with van der Waals surface area (Å²) >= 11 is 0. The molecule has 27 heavy (non-hydrogen) atoms. The smallest absolute Gasteiger partial charge is 0.223 e. The van der Waals surface area contributed by atoms with Crippen molar-refractivity contribution in [3.8, 4) is 0 Å². The summed E-state index contributed by atoms with van der Waals surface area (Å²) in [4.78, 5) is 25.2. The van der Waals surface area contributed by atoms with Gasteiger partial charge in [-0.3, -0.25) is 14.8 Å². The highest BCUT2D eigenvalue weighted by Gasteiger charge is 2.40. The highest BCUT2D eigenvalue weighted by Crippen LogP contribution is 2.31. The molecule has 2 aromatic rings. The fourth-order valence-electron chi connectivity index (χ4n) is 3.97. The minimum Gasteiger partial charge on any atom is -0.371 e. The third kappa shape index (κ3) is 4.51. The number of aromatic nitrogens is 4. The van der Waals surface area contributed by atoms with Crippen LogP contribution in [0, 0.1) is 0 Å². The predicted molar refractivity (Wildman–Crippen MR) is 98.7 cm³/mol. The average Bonchev–Trinajstić information content (AvgIpc) is 3.23. The number of rotatable bonds is 5. The van der Waals surface area contributed by atoms with Crippen LogP contribution in [0.5, 0.6) is 0 Å². The lowest BCUT2D eigenvalue weighted by Gasteiger charge is -2.47. The molecule has 2 aliphatic heterocycles. The first kappa shape index (κ1) is 18.1. The van der Waals surface area contributed by atoms with E-state index in [9.17, 15) is 4.79 Å². The number of amides is 1. The summed E-state index contributed by atoms with van der Waals surface area (Å²) < 4.78 is 6.18. The van der Waals surface area contributed by atoms with Crippen LogP contribution in [-0.4, -0.2) is 74.3 Å². The highest BCUT2D eigenvalue weighted by molar-refractivity contribution is 5.76. The van der Waals surface area contributed by atoms with Crippen molar-refractivity contribution in [2.75, 3.05) is 32.8 Å². The van der Waals surface area contributed by atoms with Crippen molar-refractivity contribution >= 4 is 5.91 Å². The number of carbonyl (C=O) groups excluding carboxylic acids is 1. The van der Waals surface area contributed by atoms with Crippen molar-refractivity contribution in [1.82, 2.24) is 30.0 Å². The molecule has 0 unspecified atom stereocenters. The maximum Gasteiger partial charge on any atom is 0.223 e. The summed E-state index contributed by atoms with van der Waals surface area (Å²) in [5.41, 5.74) is 2.02. The molecule has 4 rings (SSSR count). The summed E-state index contributed by atoms with van der Waals surface area (Å²) in [6.07, 6.45) is 12.1. The predicted octanol–water partition coefficient (Wildman–Crippen LogP) is 1.03. The zero-order chi connectivity index (χ0) is 18.5. The summed E-state index contributed by atoms with van der Waals surface area (Å²) in [6, 6.07) is 0. The summed E-state index contributed by atoms with van der Waals surface area (Å²) in [6.45, 7) is 4.82. The molecule has 2 fully saturated rings. The molecule has 0 bridgehead atoms. The van der Waals surface area contributed by atoms with Gasteiger partial charge in [0.25, 0.3) is 0 Å². The van der Waals surface area contributed by atoms with Crippen LogP contribution < -0.4 is 0 Å². The first-order valence-corrected chi connectivity index (χ1v) is 9.58. The first-order chi connectivity index (χ1) is 13.2. The van der Waals surface area contributed by atoms with Gasteiger partial charge < -0.3 is 9.64 Å². The van der Waals surface area contributed by atoms with Gasteiger partial charge in [-0.15, -0.1) is 0 Å². The van der Waals surface area contributed by atoms with Gasteiger partial charge in [0.15, 0.2) is 0 Å². The number of morpholine rings is 1. The van der Waals surface area contributed by atoms with E-state index in [2.05, 4.69) is 25.1 Å². The fraction of sp³-hybridized carbons (Fsp3) is 0.579. The Bertz CT molecular complexity index is 728. The van der Waals surface area contributed by atoms with Gasteiger partial charge in [0.2, 0.25) is 5.91 Å². The van der Waals surface area contributed by atoms with Crippen molar-refractivity contribution in [3.05, 3.63) is 42.2 Å². The van der Waals surface area contributed by atoms with Crippen LogP contribution in [0.4, 0.5) is 0 Å². The molecule has 144 valence electrons. The monoisotopic (exact) mass is 370 g/mol. The van der Waals surface area contributed by atoms with Gasteiger partial charge in [-0.1, -0.05) is 0 Å². The van der Waals surface area contributed by atoms with Crippen molar-refractivity contribution in [3.63, 3.8) is 0 Å². The van der Waals surface area contributed by atoms with E-state index < -0.39 is 0 Å². The van der Waals surface area contributed by atoms with Crippen molar-refractivity contribution in [2.24, 2.45) is 0 Å². The molecular formula is C19H26N6O2. The van der Waals surface area contributed by atoms with E-state index in [-0.39, 0.29) is 11.5 Å². The van der Waals surface area contributed by atoms with Gasteiger partial charge in [0, 0.05) is 63.3 Å². The number of likely N-dealkylation sites (tertiary alicyclic amines) is 1. The quantitative estimate of drug-likeness (QED) is 0.846. The molecule has 0 aromatic carbocycles. The Morgan fingerprint density at radius 1 is 1.15 bits per heavy atom. The van der Waals surface area contributed by atoms with Gasteiger partial charge in [-0.05, 0) is 24.8 Å². The van der Waals surface area contributed by atoms with Crippen LogP contribution in [0.25, 0.3) is 0 Å². The maximum atomic E-state index is 12.6. The summed E-state index contributed by atoms with van der Waals surface area (Å²) in [7, 11) is 0. The standard InChI is InChI=1S/C19H26N6O2/c26-18(2-1-16-11-22-23-12-16)25-7-8-27-19(14-25)3-5-24(6-4-19)13-17-9-20-15-21-10-17/h9-12,15H,1-8,13-14H2,(H,22,23). The van der Waals surface area contributed by atoms with Crippen LogP contribution in [0.1, 0.15) is 30.4 Å². The van der Waals surface area contributed by atoms with Crippen LogP contribution in [-0.2, 0) is 22.5 Å². The minimum absolute atomic E-state index is 0.187. The normalized spacial score (nSPS) is 20.1. The van der Waals surface area contributed by atoms with E-state index in [4.69, 9.17) is 4.74 Å². The van der Waals surface area contributed by atoms with Gasteiger partial charge in [-0.25, -0.2) is 9.97 Å². The van der Waals surface area contributed by atoms with E-state index >= 15 is 0 Å². The Hall–Kier alpha value is -2.32. The molecule has 1 spiro atoms. The third-order valence-electron chi connectivity index (χ3n) is 5.57. The number of H-pyrrole nitrogens is 1. The topological polar surface area (TPSA) is 87.2 Å². The zero-order valence-corrected chi connectivity index (χ0v) is 15.5. The Morgan fingerprint density at radius 3 is 2.70 bits per heavy atom. The largest absolute Gasteiger partial charge is 0.371 e. The molecule has 2 aliphatic rings. The number of nitrogens with zero attached hydrogens (tertiary/aromatic N) is 5. The molecule has 8 heteroatoms. The highest BCUT2D eigenvalue weighted by atomic mass is 16.5. The lowest BCUT2D eigenvalue weighted by Crippen LogP contribution is -2.57. The average molecular weight is 370 g/mol. The number of hydrogen-bond donors (Lipinski definition) is 1. The number of nitrogens with one attached hydrogen (secondary N) is 1. The summed E-state index contributed by atoms with van der Waals surface area (Å²) in [5.74, 6) is 0.211. The van der Waals surface area contributed by atoms with Crippen molar-refractivity contribution < 1.29 is 9.53 Å². The number of piperidine rings is 1. The lowest BCUT2D eigenvalue weighted by atomic mass is 9.89. The first-order valence-electron chi connectivity index (χ1n) is 9.58. The van der Waals surface area contributed by atoms with Crippen LogP contribution in [0.3, 0.4) is 0 Å². The minimum atomic E-state index is -0.187. The summed E-state index contributed by atoms with van der Waals surface area (Å²) in [5, 5.41) is 6.73. The Balaban J connectivity index is 1.28. The maximum absolute atomic E-state index is 12.6. The lowest BCUT2D eigenvalue weighted by molar-refractivity contribution is -0.159. The SMILES string of the molecule is O=C(CCc1cn[nH]c1)N1CCOC2(CCN(Cc3cncnc3)CC2)C1. The molecule has 1 N–H and O–H groups in total. The second-order valence-corrected chi connectivity index (χ2v) is 7.48. The van der Waals surface area contributed by atoms with E-state index in [1.807, 2.05) is 23.5 Å². The number of carbonyl (C=O) groups is 1. The molecule has 2 aromatic heterocycles. The molecule has 4 heterocycles. The molecule has 0 aliphatic carbocycles. The molecule has 0 atom stereocenters. The van der Waals surface area contributed by atoms with Crippen molar-refractivity contribution in [2.45, 2.75) is 37.8 Å². The molecule has 8 nitrogen and oxygen atoms in total. The molecule has 0 radical (unpaired) electrons. The number of aromatic amines is 1. The van der Waals surface area contributed by atoms with E-state index in [1.165, 1.54) is 0 Å².